The van der Waals surface area contributed by atoms with Crippen molar-refractivity contribution < 1.29 is 14.3 Å². The lowest BCUT2D eigenvalue weighted by atomic mass is 10.1. The van der Waals surface area contributed by atoms with E-state index in [2.05, 4.69) is 5.32 Å². The number of nitrogens with zero attached hydrogens (tertiary/aromatic N) is 2. The molecule has 0 saturated carbocycles. The van der Waals surface area contributed by atoms with Gasteiger partial charge >= 0.3 is 6.03 Å². The predicted octanol–water partition coefficient (Wildman–Crippen LogP) is 2.39. The molecule has 0 aromatic heterocycles. The summed E-state index contributed by atoms with van der Waals surface area (Å²) < 4.78 is 5.43. The molecule has 2 aliphatic rings. The van der Waals surface area contributed by atoms with Gasteiger partial charge in [0.25, 0.3) is 0 Å². The van der Waals surface area contributed by atoms with Gasteiger partial charge in [0.1, 0.15) is 5.75 Å². The molecule has 6 nitrogen and oxygen atoms in total. The number of ether oxygens (including phenoxy) is 1. The van der Waals surface area contributed by atoms with E-state index in [1.807, 2.05) is 36.1 Å². The molecule has 0 spiro atoms. The predicted molar refractivity (Wildman–Crippen MR) is 92.3 cm³/mol. The molecule has 24 heavy (non-hydrogen) atoms. The minimum absolute atomic E-state index is 0.0407. The van der Waals surface area contributed by atoms with Crippen LogP contribution in [0.15, 0.2) is 24.3 Å². The monoisotopic (exact) mass is 331 g/mol. The van der Waals surface area contributed by atoms with Crippen molar-refractivity contribution in [1.29, 1.82) is 0 Å². The number of amides is 3. The van der Waals surface area contributed by atoms with Crippen LogP contribution in [0.3, 0.4) is 0 Å². The van der Waals surface area contributed by atoms with Gasteiger partial charge in [-0.05, 0) is 50.5 Å². The zero-order valence-corrected chi connectivity index (χ0v) is 14.2. The van der Waals surface area contributed by atoms with Crippen LogP contribution in [0.2, 0.25) is 0 Å². The number of piperidine rings is 1. The number of likely N-dealkylation sites (tertiary alicyclic amines) is 1. The third-order valence-electron chi connectivity index (χ3n) is 4.56. The first-order valence-corrected chi connectivity index (χ1v) is 8.76. The van der Waals surface area contributed by atoms with Crippen LogP contribution in [0.5, 0.6) is 5.75 Å². The van der Waals surface area contributed by atoms with Gasteiger partial charge in [-0.3, -0.25) is 4.79 Å². The first-order valence-electron chi connectivity index (χ1n) is 8.76. The Kier molecular flexibility index (Phi) is 5.23. The summed E-state index contributed by atoms with van der Waals surface area (Å²) in [5, 5.41) is 3.01. The molecule has 1 atom stereocenters. The van der Waals surface area contributed by atoms with Crippen molar-refractivity contribution in [2.24, 2.45) is 0 Å². The van der Waals surface area contributed by atoms with Crippen LogP contribution < -0.4 is 15.0 Å². The standard InChI is InChI=1S/C18H25N3O3/c1-2-24-16-8-6-15(7-9-16)21-13-14(12-17(21)22)19-18(23)20-10-4-3-5-11-20/h6-9,14H,2-5,10-13H2,1H3,(H,19,23)/t14-/m1/s1. The van der Waals surface area contributed by atoms with Gasteiger partial charge < -0.3 is 19.9 Å². The second kappa shape index (κ2) is 7.55. The lowest BCUT2D eigenvalue weighted by molar-refractivity contribution is -0.117. The zero-order chi connectivity index (χ0) is 16.9. The summed E-state index contributed by atoms with van der Waals surface area (Å²) in [6.07, 6.45) is 3.68. The van der Waals surface area contributed by atoms with Gasteiger partial charge in [-0.25, -0.2) is 4.79 Å². The highest BCUT2D eigenvalue weighted by atomic mass is 16.5. The fraction of sp³-hybridized carbons (Fsp3) is 0.556. The van der Waals surface area contributed by atoms with Crippen molar-refractivity contribution >= 4 is 17.6 Å². The molecule has 2 aliphatic heterocycles. The summed E-state index contributed by atoms with van der Waals surface area (Å²) in [5.74, 6) is 0.839. The van der Waals surface area contributed by atoms with Crippen LogP contribution in [0.4, 0.5) is 10.5 Å². The van der Waals surface area contributed by atoms with Gasteiger partial charge in [0.15, 0.2) is 0 Å². The lowest BCUT2D eigenvalue weighted by Gasteiger charge is -2.28. The van der Waals surface area contributed by atoms with Crippen molar-refractivity contribution in [3.05, 3.63) is 24.3 Å². The van der Waals surface area contributed by atoms with E-state index in [1.165, 1.54) is 6.42 Å². The van der Waals surface area contributed by atoms with Crippen LogP contribution in [-0.4, -0.2) is 49.1 Å². The Hall–Kier alpha value is -2.24. The number of carbonyl (C=O) groups excluding carboxylic acids is 2. The van der Waals surface area contributed by atoms with E-state index < -0.39 is 0 Å². The Morgan fingerprint density at radius 1 is 1.21 bits per heavy atom. The van der Waals surface area contributed by atoms with Crippen LogP contribution in [-0.2, 0) is 4.79 Å². The van der Waals surface area contributed by atoms with Crippen LogP contribution in [0, 0.1) is 0 Å². The molecular weight excluding hydrogens is 306 g/mol. The molecule has 1 aromatic carbocycles. The normalized spacial score (nSPS) is 21.0. The second-order valence-corrected chi connectivity index (χ2v) is 6.33. The Bertz CT molecular complexity index is 582. The van der Waals surface area contributed by atoms with Gasteiger partial charge in [0.2, 0.25) is 5.91 Å². The maximum absolute atomic E-state index is 12.3. The molecule has 3 amide bonds. The van der Waals surface area contributed by atoms with E-state index in [4.69, 9.17) is 4.74 Å². The largest absolute Gasteiger partial charge is 0.494 e. The summed E-state index contributed by atoms with van der Waals surface area (Å²) in [4.78, 5) is 28.2. The number of nitrogens with one attached hydrogen (secondary N) is 1. The highest BCUT2D eigenvalue weighted by Gasteiger charge is 2.32. The van der Waals surface area contributed by atoms with Gasteiger partial charge in [-0.2, -0.15) is 0 Å². The number of hydrogen-bond donors (Lipinski definition) is 1. The Morgan fingerprint density at radius 2 is 1.92 bits per heavy atom. The fourth-order valence-electron chi connectivity index (χ4n) is 3.31. The average Bonchev–Trinajstić information content (AvgIpc) is 2.97. The third kappa shape index (κ3) is 3.80. The molecular formula is C18H25N3O3. The van der Waals surface area contributed by atoms with Crippen molar-refractivity contribution in [3.63, 3.8) is 0 Å². The van der Waals surface area contributed by atoms with Gasteiger partial charge in [-0.15, -0.1) is 0 Å². The van der Waals surface area contributed by atoms with Crippen molar-refractivity contribution in [3.8, 4) is 5.75 Å². The van der Waals surface area contributed by atoms with Gasteiger partial charge in [0.05, 0.1) is 12.6 Å². The fourth-order valence-corrected chi connectivity index (χ4v) is 3.31. The van der Waals surface area contributed by atoms with E-state index in [1.54, 1.807) is 4.90 Å². The first-order chi connectivity index (χ1) is 11.7. The van der Waals surface area contributed by atoms with Crippen LogP contribution >= 0.6 is 0 Å². The summed E-state index contributed by atoms with van der Waals surface area (Å²) in [6, 6.07) is 7.34. The topological polar surface area (TPSA) is 61.9 Å². The molecule has 0 unspecified atom stereocenters. The molecule has 0 radical (unpaired) electrons. The maximum Gasteiger partial charge on any atom is 0.317 e. The van der Waals surface area contributed by atoms with Gasteiger partial charge in [-0.1, -0.05) is 0 Å². The molecule has 3 rings (SSSR count). The number of hydrogen-bond acceptors (Lipinski definition) is 3. The molecule has 0 aliphatic carbocycles. The van der Waals surface area contributed by atoms with E-state index in [-0.39, 0.29) is 18.0 Å². The second-order valence-electron chi connectivity index (χ2n) is 6.33. The summed E-state index contributed by atoms with van der Waals surface area (Å²) in [6.45, 7) is 4.71. The number of rotatable bonds is 4. The molecule has 6 heteroatoms. The highest BCUT2D eigenvalue weighted by Crippen LogP contribution is 2.24. The SMILES string of the molecule is CCOc1ccc(N2C[C@H](NC(=O)N3CCCCC3)CC2=O)cc1. The number of carbonyl (C=O) groups is 2. The van der Waals surface area contributed by atoms with E-state index in [9.17, 15) is 9.59 Å². The van der Waals surface area contributed by atoms with Crippen LogP contribution in [0.1, 0.15) is 32.6 Å². The molecule has 1 aromatic rings. The third-order valence-corrected chi connectivity index (χ3v) is 4.56. The van der Waals surface area contributed by atoms with Crippen molar-refractivity contribution in [1.82, 2.24) is 10.2 Å². The number of benzene rings is 1. The van der Waals surface area contributed by atoms with E-state index in [0.717, 1.165) is 37.4 Å². The minimum Gasteiger partial charge on any atom is -0.494 e. The van der Waals surface area contributed by atoms with Crippen LogP contribution in [0.25, 0.3) is 0 Å². The van der Waals surface area contributed by atoms with E-state index >= 15 is 0 Å². The van der Waals surface area contributed by atoms with Crippen molar-refractivity contribution in [2.75, 3.05) is 31.1 Å². The highest BCUT2D eigenvalue weighted by molar-refractivity contribution is 5.96. The molecule has 2 heterocycles. The molecule has 2 fully saturated rings. The maximum atomic E-state index is 12.3. The lowest BCUT2D eigenvalue weighted by Crippen LogP contribution is -2.47. The molecule has 2 saturated heterocycles. The minimum atomic E-state index is -0.126. The molecule has 130 valence electrons. The summed E-state index contributed by atoms with van der Waals surface area (Å²) in [5.41, 5.74) is 0.846. The smallest absolute Gasteiger partial charge is 0.317 e. The first kappa shape index (κ1) is 16.6. The zero-order valence-electron chi connectivity index (χ0n) is 14.2. The molecule has 1 N–H and O–H groups in total. The Labute approximate surface area is 142 Å². The van der Waals surface area contributed by atoms with Crippen molar-refractivity contribution in [2.45, 2.75) is 38.6 Å². The Balaban J connectivity index is 1.57. The quantitative estimate of drug-likeness (QED) is 0.921. The number of anilines is 1. The Morgan fingerprint density at radius 3 is 2.58 bits per heavy atom. The molecule has 0 bridgehead atoms. The average molecular weight is 331 g/mol. The summed E-state index contributed by atoms with van der Waals surface area (Å²) in [7, 11) is 0. The van der Waals surface area contributed by atoms with E-state index in [0.29, 0.717) is 19.6 Å². The van der Waals surface area contributed by atoms with Gasteiger partial charge in [0, 0.05) is 31.7 Å². The number of urea groups is 1. The summed E-state index contributed by atoms with van der Waals surface area (Å²) >= 11 is 0.